The number of imidazole rings is 1. The summed E-state index contributed by atoms with van der Waals surface area (Å²) in [4.78, 5) is 34.3. The molecule has 3 aromatic heterocycles. The maximum absolute atomic E-state index is 12.0. The van der Waals surface area contributed by atoms with Crippen molar-refractivity contribution in [3.05, 3.63) is 113 Å². The second-order valence-electron chi connectivity index (χ2n) is 10.0. The van der Waals surface area contributed by atoms with Crippen molar-refractivity contribution < 1.29 is 19.2 Å². The van der Waals surface area contributed by atoms with Crippen molar-refractivity contribution in [2.75, 3.05) is 6.61 Å². The summed E-state index contributed by atoms with van der Waals surface area (Å²) in [6.45, 7) is 2.61. The number of carbonyl (C=O) groups is 1. The van der Waals surface area contributed by atoms with Gasteiger partial charge in [-0.15, -0.1) is 0 Å². The van der Waals surface area contributed by atoms with Crippen LogP contribution in [0.25, 0.3) is 55.6 Å². The Kier molecular flexibility index (Phi) is 6.35. The van der Waals surface area contributed by atoms with Gasteiger partial charge in [0.25, 0.3) is 6.01 Å². The lowest BCUT2D eigenvalue weighted by atomic mass is 9.93. The zero-order valence-corrected chi connectivity index (χ0v) is 23.0. The molecule has 0 unspecified atom stereocenters. The summed E-state index contributed by atoms with van der Waals surface area (Å²) in [5.41, 5.74) is 7.71. The number of aromatic carboxylic acids is 1. The Bertz CT molecular complexity index is 2190. The van der Waals surface area contributed by atoms with Crippen LogP contribution in [0.1, 0.15) is 22.8 Å². The summed E-state index contributed by atoms with van der Waals surface area (Å²) in [5.74, 6) is -1.32. The third kappa shape index (κ3) is 4.64. The maximum Gasteiger partial charge on any atom is 0.439 e. The number of carboxylic acid groups (broad SMARTS) is 1. The third-order valence-corrected chi connectivity index (χ3v) is 7.46. The third-order valence-electron chi connectivity index (χ3n) is 7.46. The molecule has 3 N–H and O–H groups in total. The first kappa shape index (κ1) is 26.0. The van der Waals surface area contributed by atoms with E-state index < -0.39 is 11.7 Å². The second-order valence-corrected chi connectivity index (χ2v) is 10.0. The van der Waals surface area contributed by atoms with E-state index in [0.717, 1.165) is 38.7 Å². The molecule has 10 heteroatoms. The van der Waals surface area contributed by atoms with Crippen molar-refractivity contribution in [1.82, 2.24) is 24.7 Å². The number of aromatic nitrogens is 5. The van der Waals surface area contributed by atoms with Crippen LogP contribution in [0, 0.1) is 0 Å². The summed E-state index contributed by atoms with van der Waals surface area (Å²) >= 11 is 0. The van der Waals surface area contributed by atoms with Gasteiger partial charge in [0.15, 0.2) is 5.82 Å². The van der Waals surface area contributed by atoms with E-state index in [1.54, 1.807) is 22.8 Å². The number of H-pyrrole nitrogens is 2. The molecule has 7 rings (SSSR count). The van der Waals surface area contributed by atoms with Gasteiger partial charge in [-0.3, -0.25) is 14.1 Å². The average molecular weight is 572 g/mol. The van der Waals surface area contributed by atoms with Crippen molar-refractivity contribution in [1.29, 1.82) is 0 Å². The number of nitrogens with one attached hydrogen (secondary N) is 2. The number of hydrogen-bond acceptors (Lipinski definition) is 6. The van der Waals surface area contributed by atoms with Gasteiger partial charge in [-0.25, -0.2) is 9.59 Å². The molecule has 3 heterocycles. The van der Waals surface area contributed by atoms with Gasteiger partial charge in [0.2, 0.25) is 0 Å². The Morgan fingerprint density at radius 3 is 2.53 bits per heavy atom. The van der Waals surface area contributed by atoms with Crippen LogP contribution in [0.15, 0.2) is 100 Å². The fraction of sp³-hybridized carbons (Fsp3) is 0.0909. The number of rotatable bonds is 8. The SMILES string of the molecule is CCOc1nc2cccc(C(=O)O)c2n1Cc1ccc(-c2cc(-c3c[nH]c4ccccc34)ccc2-c2noc(=O)[nH]2)cc1. The highest BCUT2D eigenvalue weighted by Crippen LogP contribution is 2.37. The Labute approximate surface area is 244 Å². The van der Waals surface area contributed by atoms with Gasteiger partial charge in [-0.05, 0) is 59.5 Å². The van der Waals surface area contributed by atoms with Gasteiger partial charge < -0.3 is 14.8 Å². The molecule has 0 aliphatic carbocycles. The van der Waals surface area contributed by atoms with E-state index in [9.17, 15) is 14.7 Å². The lowest BCUT2D eigenvalue weighted by molar-refractivity contribution is 0.0698. The first-order chi connectivity index (χ1) is 21.0. The summed E-state index contributed by atoms with van der Waals surface area (Å²) in [7, 11) is 0. The van der Waals surface area contributed by atoms with Gasteiger partial charge in [0.1, 0.15) is 0 Å². The summed E-state index contributed by atoms with van der Waals surface area (Å²) in [6.07, 6.45) is 1.99. The van der Waals surface area contributed by atoms with Crippen LogP contribution >= 0.6 is 0 Å². The molecule has 0 bridgehead atoms. The van der Waals surface area contributed by atoms with Crippen LogP contribution in [0.5, 0.6) is 6.01 Å². The molecule has 0 aliphatic rings. The second kappa shape index (κ2) is 10.5. The monoisotopic (exact) mass is 571 g/mol. The molecule has 0 saturated carbocycles. The Morgan fingerprint density at radius 2 is 1.77 bits per heavy atom. The van der Waals surface area contributed by atoms with E-state index in [1.807, 2.05) is 67.7 Å². The largest absolute Gasteiger partial charge is 0.478 e. The first-order valence-corrected chi connectivity index (χ1v) is 13.7. The molecule has 0 spiro atoms. The Balaban J connectivity index is 1.31. The zero-order chi connectivity index (χ0) is 29.5. The molecule has 0 atom stereocenters. The molecule has 0 radical (unpaired) electrons. The smallest absolute Gasteiger partial charge is 0.439 e. The highest BCUT2D eigenvalue weighted by Gasteiger charge is 2.20. The lowest BCUT2D eigenvalue weighted by Gasteiger charge is -2.13. The van der Waals surface area contributed by atoms with Crippen molar-refractivity contribution in [3.63, 3.8) is 0 Å². The fourth-order valence-corrected chi connectivity index (χ4v) is 5.51. The predicted octanol–water partition coefficient (Wildman–Crippen LogP) is 6.34. The summed E-state index contributed by atoms with van der Waals surface area (Å²) in [6, 6.07) is 27.4. The minimum Gasteiger partial charge on any atom is -0.478 e. The number of aromatic amines is 2. The number of fused-ring (bicyclic) bond motifs is 2. The number of benzene rings is 4. The molecular weight excluding hydrogens is 546 g/mol. The van der Waals surface area contributed by atoms with E-state index in [2.05, 4.69) is 32.2 Å². The van der Waals surface area contributed by atoms with Gasteiger partial charge in [0, 0.05) is 28.2 Å². The van der Waals surface area contributed by atoms with Crippen molar-refractivity contribution in [2.45, 2.75) is 13.5 Å². The molecule has 0 amide bonds. The van der Waals surface area contributed by atoms with Crippen LogP contribution in [0.3, 0.4) is 0 Å². The molecule has 0 saturated heterocycles. The first-order valence-electron chi connectivity index (χ1n) is 13.7. The predicted molar refractivity (Wildman–Crippen MR) is 162 cm³/mol. The number of carboxylic acids is 1. The number of ether oxygens (including phenoxy) is 1. The molecule has 212 valence electrons. The maximum atomic E-state index is 12.0. The van der Waals surface area contributed by atoms with E-state index in [0.29, 0.717) is 41.6 Å². The minimum absolute atomic E-state index is 0.160. The van der Waals surface area contributed by atoms with Crippen molar-refractivity contribution in [2.24, 2.45) is 0 Å². The highest BCUT2D eigenvalue weighted by atomic mass is 16.5. The van der Waals surface area contributed by atoms with Gasteiger partial charge in [-0.1, -0.05) is 59.8 Å². The van der Waals surface area contributed by atoms with E-state index in [1.165, 1.54) is 0 Å². The summed E-state index contributed by atoms with van der Waals surface area (Å²) in [5, 5.41) is 14.9. The van der Waals surface area contributed by atoms with Crippen LogP contribution in [-0.2, 0) is 6.54 Å². The lowest BCUT2D eigenvalue weighted by Crippen LogP contribution is -2.08. The molecule has 7 aromatic rings. The quantitative estimate of drug-likeness (QED) is 0.193. The van der Waals surface area contributed by atoms with E-state index in [-0.39, 0.29) is 5.56 Å². The molecule has 0 fully saturated rings. The Morgan fingerprint density at radius 1 is 0.953 bits per heavy atom. The van der Waals surface area contributed by atoms with Crippen LogP contribution in [0.4, 0.5) is 0 Å². The van der Waals surface area contributed by atoms with Gasteiger partial charge >= 0.3 is 11.7 Å². The highest BCUT2D eigenvalue weighted by molar-refractivity contribution is 6.01. The standard InChI is InChI=1S/C33H25N5O5/c1-2-42-32-35-28-9-5-7-24(31(39)40)29(28)38(32)18-19-10-12-20(13-11-19)25-16-21(14-15-23(25)30-36-33(41)43-37-30)26-17-34-27-8-4-3-6-22(26)27/h3-17,34H,2,18H2,1H3,(H,39,40)(H,36,37,41). The average Bonchev–Trinajstić information content (AvgIpc) is 3.74. The van der Waals surface area contributed by atoms with Crippen LogP contribution in [-0.4, -0.2) is 42.4 Å². The normalized spacial score (nSPS) is 11.4. The molecule has 10 nitrogen and oxygen atoms in total. The zero-order valence-electron chi connectivity index (χ0n) is 23.0. The van der Waals surface area contributed by atoms with E-state index >= 15 is 0 Å². The van der Waals surface area contributed by atoms with Crippen LogP contribution < -0.4 is 10.5 Å². The minimum atomic E-state index is -1.03. The topological polar surface area (TPSA) is 139 Å². The molecule has 43 heavy (non-hydrogen) atoms. The van der Waals surface area contributed by atoms with Crippen molar-refractivity contribution in [3.8, 4) is 39.7 Å². The molecule has 4 aromatic carbocycles. The van der Waals surface area contributed by atoms with E-state index in [4.69, 9.17) is 9.26 Å². The summed E-state index contributed by atoms with van der Waals surface area (Å²) < 4.78 is 12.4. The fourth-order valence-electron chi connectivity index (χ4n) is 5.51. The molecule has 0 aliphatic heterocycles. The van der Waals surface area contributed by atoms with Crippen molar-refractivity contribution >= 4 is 27.9 Å². The van der Waals surface area contributed by atoms with Gasteiger partial charge in [-0.2, -0.15) is 4.98 Å². The van der Waals surface area contributed by atoms with Gasteiger partial charge in [0.05, 0.1) is 29.7 Å². The number of nitrogens with zero attached hydrogens (tertiary/aromatic N) is 3. The molecular formula is C33H25N5O5. The number of hydrogen-bond donors (Lipinski definition) is 3. The Hall–Kier alpha value is -5.90. The number of para-hydroxylation sites is 2. The van der Waals surface area contributed by atoms with Crippen LogP contribution in [0.2, 0.25) is 0 Å².